The van der Waals surface area contributed by atoms with Gasteiger partial charge in [-0.05, 0) is 49.8 Å². The van der Waals surface area contributed by atoms with Crippen molar-refractivity contribution < 1.29 is 4.39 Å². The molecule has 20 heavy (non-hydrogen) atoms. The van der Waals surface area contributed by atoms with Crippen molar-refractivity contribution >= 4 is 11.3 Å². The molecule has 2 rings (SSSR count). The third kappa shape index (κ3) is 3.77. The van der Waals surface area contributed by atoms with Crippen LogP contribution in [0.1, 0.15) is 24.6 Å². The number of aromatic amines is 1. The molecule has 0 unspecified atom stereocenters. The van der Waals surface area contributed by atoms with Gasteiger partial charge in [0.15, 0.2) is 0 Å². The first-order chi connectivity index (χ1) is 9.60. The Kier molecular flexibility index (Phi) is 5.09. The van der Waals surface area contributed by atoms with E-state index in [1.165, 1.54) is 23.5 Å². The van der Waals surface area contributed by atoms with Crippen LogP contribution >= 0.6 is 11.3 Å². The van der Waals surface area contributed by atoms with Gasteiger partial charge in [0.1, 0.15) is 5.82 Å². The van der Waals surface area contributed by atoms with E-state index < -0.39 is 0 Å². The number of benzene rings is 1. The smallest absolute Gasteiger partial charge is 0.305 e. The summed E-state index contributed by atoms with van der Waals surface area (Å²) in [6, 6.07) is 6.22. The average Bonchev–Trinajstić information content (AvgIpc) is 2.78. The molecule has 1 aromatic heterocycles. The van der Waals surface area contributed by atoms with Crippen molar-refractivity contribution in [2.75, 3.05) is 13.6 Å². The Balaban J connectivity index is 2.22. The Labute approximate surface area is 122 Å². The van der Waals surface area contributed by atoms with Crippen LogP contribution in [0.2, 0.25) is 0 Å². The van der Waals surface area contributed by atoms with Crippen LogP contribution in [0.25, 0.3) is 11.3 Å². The van der Waals surface area contributed by atoms with Gasteiger partial charge in [-0.2, -0.15) is 0 Å². The highest BCUT2D eigenvalue weighted by atomic mass is 32.1. The van der Waals surface area contributed by atoms with E-state index in [2.05, 4.69) is 16.8 Å². The topological polar surface area (TPSA) is 36.1 Å². The molecule has 1 aromatic carbocycles. The predicted octanol–water partition coefficient (Wildman–Crippen LogP) is 3.47. The third-order valence-corrected chi connectivity index (χ3v) is 4.03. The van der Waals surface area contributed by atoms with Gasteiger partial charge in [0.2, 0.25) is 0 Å². The number of thiazole rings is 1. The van der Waals surface area contributed by atoms with E-state index in [9.17, 15) is 9.18 Å². The van der Waals surface area contributed by atoms with Gasteiger partial charge in [-0.25, -0.2) is 4.39 Å². The molecule has 0 aliphatic carbocycles. The number of hydrogen-bond acceptors (Lipinski definition) is 3. The van der Waals surface area contributed by atoms with Crippen molar-refractivity contribution in [3.63, 3.8) is 0 Å². The number of halogens is 1. The maximum atomic E-state index is 13.0. The lowest BCUT2D eigenvalue weighted by molar-refractivity contribution is 0.324. The number of aromatic nitrogens is 1. The first-order valence-corrected chi connectivity index (χ1v) is 7.58. The molecule has 0 saturated carbocycles. The van der Waals surface area contributed by atoms with Crippen molar-refractivity contribution in [3.8, 4) is 11.3 Å². The van der Waals surface area contributed by atoms with Crippen LogP contribution in [0.5, 0.6) is 0 Å². The second-order valence-corrected chi connectivity index (χ2v) is 5.98. The lowest BCUT2D eigenvalue weighted by Gasteiger charge is -2.15. The molecule has 0 saturated heterocycles. The quantitative estimate of drug-likeness (QED) is 0.885. The molecule has 108 valence electrons. The van der Waals surface area contributed by atoms with Gasteiger partial charge in [0.05, 0.1) is 5.69 Å². The zero-order chi connectivity index (χ0) is 14.5. The molecule has 0 bridgehead atoms. The van der Waals surface area contributed by atoms with E-state index >= 15 is 0 Å². The molecule has 0 radical (unpaired) electrons. The predicted molar refractivity (Wildman–Crippen MR) is 81.6 cm³/mol. The highest BCUT2D eigenvalue weighted by Gasteiger charge is 2.12. The Morgan fingerprint density at radius 3 is 2.65 bits per heavy atom. The highest BCUT2D eigenvalue weighted by molar-refractivity contribution is 7.09. The van der Waals surface area contributed by atoms with Crippen molar-refractivity contribution in [1.29, 1.82) is 0 Å². The van der Waals surface area contributed by atoms with Crippen molar-refractivity contribution in [2.45, 2.75) is 26.3 Å². The fourth-order valence-electron chi connectivity index (χ4n) is 2.07. The van der Waals surface area contributed by atoms with E-state index in [1.54, 1.807) is 12.1 Å². The Bertz CT molecular complexity index is 603. The Morgan fingerprint density at radius 1 is 1.30 bits per heavy atom. The Hall–Kier alpha value is -1.46. The second kappa shape index (κ2) is 6.81. The molecule has 0 aliphatic heterocycles. The molecule has 0 fully saturated rings. The molecule has 2 aromatic rings. The normalized spacial score (nSPS) is 11.2. The minimum atomic E-state index is -0.270. The summed E-state index contributed by atoms with van der Waals surface area (Å²) >= 11 is 1.23. The van der Waals surface area contributed by atoms with E-state index in [0.29, 0.717) is 0 Å². The molecule has 0 amide bonds. The van der Waals surface area contributed by atoms with Crippen molar-refractivity contribution in [2.24, 2.45) is 0 Å². The number of H-pyrrole nitrogens is 1. The first-order valence-electron chi connectivity index (χ1n) is 6.76. The van der Waals surface area contributed by atoms with E-state index in [-0.39, 0.29) is 10.7 Å². The lowest BCUT2D eigenvalue weighted by atomic mass is 10.1. The van der Waals surface area contributed by atoms with Gasteiger partial charge in [-0.3, -0.25) is 4.79 Å². The average molecular weight is 294 g/mol. The summed E-state index contributed by atoms with van der Waals surface area (Å²) in [5, 5.41) is 0. The van der Waals surface area contributed by atoms with Crippen LogP contribution in [-0.4, -0.2) is 23.5 Å². The highest BCUT2D eigenvalue weighted by Crippen LogP contribution is 2.24. The number of unbranched alkanes of at least 4 members (excludes halogenated alkanes) is 1. The second-order valence-electron chi connectivity index (χ2n) is 4.91. The summed E-state index contributed by atoms with van der Waals surface area (Å²) in [6.45, 7) is 3.90. The summed E-state index contributed by atoms with van der Waals surface area (Å²) in [6.07, 6.45) is 2.29. The third-order valence-electron chi connectivity index (χ3n) is 3.16. The van der Waals surface area contributed by atoms with E-state index in [4.69, 9.17) is 0 Å². The van der Waals surface area contributed by atoms with Gasteiger partial charge in [-0.1, -0.05) is 24.7 Å². The van der Waals surface area contributed by atoms with Crippen molar-refractivity contribution in [3.05, 3.63) is 44.6 Å². The van der Waals surface area contributed by atoms with Crippen LogP contribution in [0, 0.1) is 5.82 Å². The minimum Gasteiger partial charge on any atom is -0.312 e. The van der Waals surface area contributed by atoms with Crippen LogP contribution in [0.3, 0.4) is 0 Å². The Morgan fingerprint density at radius 2 is 2.00 bits per heavy atom. The molecule has 1 N–H and O–H groups in total. The van der Waals surface area contributed by atoms with Gasteiger partial charge in [0.25, 0.3) is 0 Å². The van der Waals surface area contributed by atoms with Gasteiger partial charge in [-0.15, -0.1) is 0 Å². The summed E-state index contributed by atoms with van der Waals surface area (Å²) in [7, 11) is 2.05. The van der Waals surface area contributed by atoms with Gasteiger partial charge < -0.3 is 9.88 Å². The molecule has 1 heterocycles. The fourth-order valence-corrected chi connectivity index (χ4v) is 3.01. The van der Waals surface area contributed by atoms with E-state index in [1.807, 2.05) is 7.05 Å². The largest absolute Gasteiger partial charge is 0.312 e. The maximum absolute atomic E-state index is 13.0. The van der Waals surface area contributed by atoms with Gasteiger partial charge in [0, 0.05) is 11.4 Å². The standard InChI is InChI=1S/C15H19FN2OS/c1-3-4-9-18(2)10-13-14(17-15(19)20-13)11-5-7-12(16)8-6-11/h5-8H,3-4,9-10H2,1-2H3,(H,17,19). The minimum absolute atomic E-state index is 0.0665. The number of hydrogen-bond donors (Lipinski definition) is 1. The lowest BCUT2D eigenvalue weighted by Crippen LogP contribution is -2.18. The maximum Gasteiger partial charge on any atom is 0.305 e. The number of nitrogens with zero attached hydrogens (tertiary/aromatic N) is 1. The van der Waals surface area contributed by atoms with Crippen LogP contribution in [0.4, 0.5) is 4.39 Å². The molecule has 0 aliphatic rings. The molecule has 0 spiro atoms. The summed E-state index contributed by atoms with van der Waals surface area (Å²) in [5.41, 5.74) is 1.66. The molecular weight excluding hydrogens is 275 g/mol. The van der Waals surface area contributed by atoms with Crippen molar-refractivity contribution in [1.82, 2.24) is 9.88 Å². The molecule has 0 atom stereocenters. The summed E-state index contributed by atoms with van der Waals surface area (Å²) in [4.78, 5) is 17.6. The molecular formula is C15H19FN2OS. The molecule has 3 nitrogen and oxygen atoms in total. The fraction of sp³-hybridized carbons (Fsp3) is 0.400. The zero-order valence-electron chi connectivity index (χ0n) is 11.8. The van der Waals surface area contributed by atoms with E-state index in [0.717, 1.165) is 42.1 Å². The number of rotatable bonds is 6. The van der Waals surface area contributed by atoms with Crippen LogP contribution < -0.4 is 4.87 Å². The zero-order valence-corrected chi connectivity index (χ0v) is 12.6. The SMILES string of the molecule is CCCCN(C)Cc1sc(=O)[nH]c1-c1ccc(F)cc1. The summed E-state index contributed by atoms with van der Waals surface area (Å²) < 4.78 is 13.0. The first kappa shape index (κ1) is 14.9. The molecule has 5 heteroatoms. The number of nitrogens with one attached hydrogen (secondary N) is 1. The van der Waals surface area contributed by atoms with Gasteiger partial charge >= 0.3 is 4.87 Å². The summed E-state index contributed by atoms with van der Waals surface area (Å²) in [5.74, 6) is -0.270. The van der Waals surface area contributed by atoms with Crippen LogP contribution in [-0.2, 0) is 6.54 Å². The monoisotopic (exact) mass is 294 g/mol. The van der Waals surface area contributed by atoms with Crippen LogP contribution in [0.15, 0.2) is 29.1 Å².